The lowest BCUT2D eigenvalue weighted by Crippen LogP contribution is -2.61. The average molecular weight is 982 g/mol. The molecule has 11 aromatic carbocycles. The van der Waals surface area contributed by atoms with Crippen molar-refractivity contribution in [3.05, 3.63) is 327 Å². The summed E-state index contributed by atoms with van der Waals surface area (Å²) < 4.78 is 0. The number of hydrogen-bond acceptors (Lipinski definition) is 3. The van der Waals surface area contributed by atoms with Gasteiger partial charge in [-0.1, -0.05) is 238 Å². The number of nitrogens with zero attached hydrogens (tertiary/aromatic N) is 3. The molecular formula is C73H52BN3. The first-order valence-electron chi connectivity index (χ1n) is 26.5. The molecule has 0 saturated heterocycles. The number of benzene rings is 11. The summed E-state index contributed by atoms with van der Waals surface area (Å²) in [4.78, 5) is 7.53. The van der Waals surface area contributed by atoms with Crippen LogP contribution < -0.4 is 20.0 Å². The molecule has 2 aliphatic heterocycles. The van der Waals surface area contributed by atoms with Crippen molar-refractivity contribution in [1.82, 2.24) is 0 Å². The average Bonchev–Trinajstić information content (AvgIpc) is 4.10. The van der Waals surface area contributed by atoms with E-state index in [1.807, 2.05) is 12.2 Å². The fourth-order valence-electron chi connectivity index (χ4n) is 12.9. The van der Waals surface area contributed by atoms with Gasteiger partial charge in [-0.25, -0.2) is 0 Å². The molecule has 2 heterocycles. The van der Waals surface area contributed by atoms with Gasteiger partial charge in [-0.2, -0.15) is 0 Å². The van der Waals surface area contributed by atoms with Gasteiger partial charge in [-0.05, 0) is 133 Å². The first-order valence-corrected chi connectivity index (χ1v) is 26.5. The van der Waals surface area contributed by atoms with Crippen LogP contribution in [0.25, 0.3) is 55.6 Å². The Balaban J connectivity index is 0.898. The predicted octanol–water partition coefficient (Wildman–Crippen LogP) is 18.4. The van der Waals surface area contributed by atoms with Crippen LogP contribution in [-0.2, 0) is 5.41 Å². The van der Waals surface area contributed by atoms with Crippen LogP contribution in [0.1, 0.15) is 16.7 Å². The van der Waals surface area contributed by atoms with Gasteiger partial charge in [-0.3, -0.25) is 0 Å². The SMILES string of the molecule is C=C/C=C(\C=C)C1(c2ccccc2)c2ccccc2-c2c(N(c3ccc(-c4ccc(N5B6c7c(cccc7-c7ccccc75)-c5ccccc5N6c5ccccc5)cc4)cc3)c3cccc(-c4ccccc4)c3)cccc21. The quantitative estimate of drug-likeness (QED) is 0.0944. The van der Waals surface area contributed by atoms with Crippen LogP contribution in [0.2, 0.25) is 0 Å². The molecule has 0 radical (unpaired) electrons. The summed E-state index contributed by atoms with van der Waals surface area (Å²) in [6.45, 7) is 8.47. The normalized spacial score (nSPS) is 14.6. The summed E-state index contributed by atoms with van der Waals surface area (Å²) in [7, 11) is 0. The number of para-hydroxylation sites is 3. The molecule has 362 valence electrons. The highest BCUT2D eigenvalue weighted by Crippen LogP contribution is 2.60. The lowest BCUT2D eigenvalue weighted by atomic mass is 9.53. The Bertz CT molecular complexity index is 4080. The zero-order valence-electron chi connectivity index (χ0n) is 42.5. The van der Waals surface area contributed by atoms with E-state index in [1.54, 1.807) is 0 Å². The Morgan fingerprint density at radius 3 is 1.55 bits per heavy atom. The van der Waals surface area contributed by atoms with Crippen LogP contribution in [0.15, 0.2) is 310 Å². The largest absolute Gasteiger partial charge is 0.421 e. The Morgan fingerprint density at radius 1 is 0.403 bits per heavy atom. The van der Waals surface area contributed by atoms with E-state index in [-0.39, 0.29) is 6.98 Å². The molecule has 0 amide bonds. The molecule has 0 saturated carbocycles. The van der Waals surface area contributed by atoms with Crippen molar-refractivity contribution in [3.8, 4) is 55.6 Å². The summed E-state index contributed by atoms with van der Waals surface area (Å²) in [6.07, 6.45) is 6.02. The highest BCUT2D eigenvalue weighted by atomic mass is 15.2. The van der Waals surface area contributed by atoms with Gasteiger partial charge >= 0.3 is 6.98 Å². The monoisotopic (exact) mass is 981 g/mol. The van der Waals surface area contributed by atoms with Gasteiger partial charge in [0.25, 0.3) is 0 Å². The Morgan fingerprint density at radius 2 is 0.896 bits per heavy atom. The fraction of sp³-hybridized carbons (Fsp3) is 0.0137. The van der Waals surface area contributed by atoms with E-state index in [0.717, 1.165) is 50.7 Å². The minimum absolute atomic E-state index is 0.129. The smallest absolute Gasteiger partial charge is 0.361 e. The molecule has 3 aliphatic rings. The van der Waals surface area contributed by atoms with Crippen LogP contribution in [0.3, 0.4) is 0 Å². The third kappa shape index (κ3) is 7.21. The van der Waals surface area contributed by atoms with Gasteiger partial charge in [0.05, 0.1) is 11.1 Å². The van der Waals surface area contributed by atoms with E-state index in [1.165, 1.54) is 72.5 Å². The zero-order valence-corrected chi connectivity index (χ0v) is 42.5. The maximum atomic E-state index is 4.41. The fourth-order valence-corrected chi connectivity index (χ4v) is 12.9. The van der Waals surface area contributed by atoms with Crippen LogP contribution in [-0.4, -0.2) is 6.98 Å². The number of anilines is 7. The second-order valence-electron chi connectivity index (χ2n) is 20.0. The first kappa shape index (κ1) is 45.7. The predicted molar refractivity (Wildman–Crippen MR) is 326 cm³/mol. The van der Waals surface area contributed by atoms with Crippen LogP contribution >= 0.6 is 0 Å². The molecule has 1 atom stereocenters. The van der Waals surface area contributed by atoms with Crippen LogP contribution in [0.4, 0.5) is 39.8 Å². The van der Waals surface area contributed by atoms with Crippen molar-refractivity contribution < 1.29 is 0 Å². The van der Waals surface area contributed by atoms with Crippen molar-refractivity contribution in [2.24, 2.45) is 0 Å². The Kier molecular flexibility index (Phi) is 11.2. The molecule has 77 heavy (non-hydrogen) atoms. The highest BCUT2D eigenvalue weighted by Gasteiger charge is 2.49. The van der Waals surface area contributed by atoms with Gasteiger partial charge in [0.1, 0.15) is 0 Å². The molecule has 3 nitrogen and oxygen atoms in total. The van der Waals surface area contributed by atoms with Crippen molar-refractivity contribution >= 4 is 52.3 Å². The topological polar surface area (TPSA) is 9.72 Å². The second-order valence-corrected chi connectivity index (χ2v) is 20.0. The molecule has 1 unspecified atom stereocenters. The van der Waals surface area contributed by atoms with Crippen molar-refractivity contribution in [2.45, 2.75) is 5.41 Å². The summed E-state index contributed by atoms with van der Waals surface area (Å²) in [5.41, 5.74) is 25.3. The van der Waals surface area contributed by atoms with E-state index in [2.05, 4.69) is 307 Å². The van der Waals surface area contributed by atoms with Crippen LogP contribution in [0.5, 0.6) is 0 Å². The molecule has 0 N–H and O–H groups in total. The molecule has 0 fully saturated rings. The summed E-state index contributed by atoms with van der Waals surface area (Å²) in [5.74, 6) is 0. The lowest BCUT2D eigenvalue weighted by Gasteiger charge is -2.47. The van der Waals surface area contributed by atoms with Gasteiger partial charge in [0.2, 0.25) is 0 Å². The van der Waals surface area contributed by atoms with Gasteiger partial charge in [0, 0.05) is 50.8 Å². The number of rotatable bonds is 11. The van der Waals surface area contributed by atoms with E-state index in [4.69, 9.17) is 0 Å². The lowest BCUT2D eigenvalue weighted by molar-refractivity contribution is 0.767. The van der Waals surface area contributed by atoms with Crippen molar-refractivity contribution in [3.63, 3.8) is 0 Å². The Labute approximate surface area is 452 Å². The maximum Gasteiger partial charge on any atom is 0.421 e. The minimum Gasteiger partial charge on any atom is -0.361 e. The molecular weight excluding hydrogens is 930 g/mol. The van der Waals surface area contributed by atoms with E-state index < -0.39 is 5.41 Å². The van der Waals surface area contributed by atoms with E-state index in [0.29, 0.717) is 0 Å². The van der Waals surface area contributed by atoms with Gasteiger partial charge in [0.15, 0.2) is 0 Å². The number of allylic oxidation sites excluding steroid dienone is 4. The highest BCUT2D eigenvalue weighted by molar-refractivity contribution is 6.86. The van der Waals surface area contributed by atoms with Crippen LogP contribution in [0, 0.1) is 0 Å². The first-order chi connectivity index (χ1) is 38.1. The summed E-state index contributed by atoms with van der Waals surface area (Å²) in [5, 5.41) is 0. The Hall–Kier alpha value is -9.90. The molecule has 14 rings (SSSR count). The van der Waals surface area contributed by atoms with Crippen molar-refractivity contribution in [2.75, 3.05) is 14.5 Å². The van der Waals surface area contributed by atoms with Crippen molar-refractivity contribution in [1.29, 1.82) is 0 Å². The number of fused-ring (bicyclic) bond motifs is 7. The maximum absolute atomic E-state index is 4.41. The molecule has 4 heteroatoms. The van der Waals surface area contributed by atoms with E-state index in [9.17, 15) is 0 Å². The number of hydrogen-bond donors (Lipinski definition) is 0. The zero-order chi connectivity index (χ0) is 51.5. The minimum atomic E-state index is -0.629. The third-order valence-electron chi connectivity index (χ3n) is 16.1. The summed E-state index contributed by atoms with van der Waals surface area (Å²) in [6, 6.07) is 100.0. The third-order valence-corrected chi connectivity index (χ3v) is 16.1. The molecule has 0 aromatic heterocycles. The summed E-state index contributed by atoms with van der Waals surface area (Å²) >= 11 is 0. The molecule has 11 aromatic rings. The van der Waals surface area contributed by atoms with Gasteiger partial charge in [-0.15, -0.1) is 0 Å². The molecule has 0 spiro atoms. The van der Waals surface area contributed by atoms with E-state index >= 15 is 0 Å². The molecule has 0 bridgehead atoms. The second kappa shape index (κ2) is 18.8. The van der Waals surface area contributed by atoms with Gasteiger partial charge < -0.3 is 14.5 Å². The standard InChI is InChI=1S/C73H52BN3/c1-3-23-55(4-2)73(56-27-10-6-11-28-56)66-37-17-14-34-65(66)71-67(73)38-22-41-70(71)75(60-31-20-26-54(50-60)51-24-8-5-9-25-51)57-46-42-52(43-47-57)53-44-48-59(49-45-53)77-69-40-19-16-33-62(69)64-36-21-35-63-61-32-15-18-39-68(61)76(74(77)72(63)64)58-29-12-7-13-30-58/h3-50H,1-2H2/b55-23+. The molecule has 1 aliphatic carbocycles.